The van der Waals surface area contributed by atoms with E-state index in [1.54, 1.807) is 0 Å². The number of halogens is 4. The minimum Gasteiger partial charge on any atom is -0.488 e. The van der Waals surface area contributed by atoms with Crippen LogP contribution in [0, 0.1) is 5.82 Å². The van der Waals surface area contributed by atoms with Crippen molar-refractivity contribution in [2.45, 2.75) is 57.6 Å². The second-order valence-electron chi connectivity index (χ2n) is 7.37. The molecule has 1 atom stereocenters. The Kier molecular flexibility index (Phi) is 6.01. The highest BCUT2D eigenvalue weighted by Gasteiger charge is 2.49. The first kappa shape index (κ1) is 21.7. The number of fused-ring (bicyclic) bond motifs is 1. The van der Waals surface area contributed by atoms with Crippen molar-refractivity contribution in [3.63, 3.8) is 0 Å². The highest BCUT2D eigenvalue weighted by molar-refractivity contribution is 7.88. The van der Waals surface area contributed by atoms with E-state index in [-0.39, 0.29) is 35.9 Å². The van der Waals surface area contributed by atoms with Gasteiger partial charge in [-0.05, 0) is 52.3 Å². The van der Waals surface area contributed by atoms with E-state index in [9.17, 15) is 26.0 Å². The van der Waals surface area contributed by atoms with Crippen LogP contribution >= 0.6 is 0 Å². The van der Waals surface area contributed by atoms with Crippen LogP contribution in [-0.4, -0.2) is 43.6 Å². The summed E-state index contributed by atoms with van der Waals surface area (Å²) in [4.78, 5) is 2.10. The van der Waals surface area contributed by atoms with Gasteiger partial charge in [-0.15, -0.1) is 0 Å². The molecule has 0 bridgehead atoms. The summed E-state index contributed by atoms with van der Waals surface area (Å²) < 4.78 is 84.5. The van der Waals surface area contributed by atoms with Crippen LogP contribution in [0.15, 0.2) is 12.1 Å². The van der Waals surface area contributed by atoms with Crippen molar-refractivity contribution >= 4 is 10.1 Å². The number of rotatable bonds is 5. The van der Waals surface area contributed by atoms with Crippen molar-refractivity contribution < 1.29 is 34.9 Å². The molecule has 0 amide bonds. The van der Waals surface area contributed by atoms with Gasteiger partial charge in [-0.3, -0.25) is 4.90 Å². The van der Waals surface area contributed by atoms with Crippen molar-refractivity contribution in [1.82, 2.24) is 4.90 Å². The van der Waals surface area contributed by atoms with Crippen LogP contribution in [0.2, 0.25) is 0 Å². The molecule has 1 aromatic carbocycles. The average molecular weight is 413 g/mol. The second kappa shape index (κ2) is 7.46. The molecule has 0 fully saturated rings. The molecule has 0 saturated carbocycles. The van der Waals surface area contributed by atoms with Crippen LogP contribution in [0.3, 0.4) is 0 Å². The molecule has 154 valence electrons. The van der Waals surface area contributed by atoms with Gasteiger partial charge in [0.05, 0.1) is 0 Å². The molecule has 1 heterocycles. The molecule has 1 unspecified atom stereocenters. The monoisotopic (exact) mass is 413 g/mol. The van der Waals surface area contributed by atoms with Crippen molar-refractivity contribution in [3.8, 4) is 11.5 Å². The maximum absolute atomic E-state index is 14.1. The van der Waals surface area contributed by atoms with Gasteiger partial charge in [-0.25, -0.2) is 4.39 Å². The Labute approximate surface area is 156 Å². The smallest absolute Gasteiger partial charge is 0.488 e. The van der Waals surface area contributed by atoms with Crippen LogP contribution in [0.4, 0.5) is 17.6 Å². The fraction of sp³-hybridized carbons (Fsp3) is 0.647. The molecule has 0 radical (unpaired) electrons. The van der Waals surface area contributed by atoms with Gasteiger partial charge in [0, 0.05) is 17.1 Å². The molecule has 1 aromatic rings. The maximum atomic E-state index is 14.1. The third kappa shape index (κ3) is 4.66. The van der Waals surface area contributed by atoms with E-state index in [0.717, 1.165) is 18.6 Å². The molecule has 2 rings (SSSR count). The summed E-state index contributed by atoms with van der Waals surface area (Å²) in [5.41, 5.74) is -5.87. The SMILES string of the molecule is CCCN(C1COc2c(F)ccc(OS(=O)(=O)C(F)(F)F)c2C1)C(C)(C)C. The molecule has 0 saturated heterocycles. The molecule has 0 aliphatic carbocycles. The highest BCUT2D eigenvalue weighted by atomic mass is 32.2. The Bertz CT molecular complexity index is 787. The van der Waals surface area contributed by atoms with Crippen LogP contribution in [0.1, 0.15) is 39.7 Å². The van der Waals surface area contributed by atoms with Gasteiger partial charge in [-0.1, -0.05) is 6.92 Å². The molecule has 0 N–H and O–H groups in total. The van der Waals surface area contributed by atoms with Crippen molar-refractivity contribution in [1.29, 1.82) is 0 Å². The molecule has 0 spiro atoms. The Hall–Kier alpha value is -1.55. The van der Waals surface area contributed by atoms with Gasteiger partial charge in [0.2, 0.25) is 0 Å². The molecule has 5 nitrogen and oxygen atoms in total. The van der Waals surface area contributed by atoms with Crippen LogP contribution in [-0.2, 0) is 16.5 Å². The van der Waals surface area contributed by atoms with Gasteiger partial charge in [0.25, 0.3) is 0 Å². The van der Waals surface area contributed by atoms with Crippen LogP contribution in [0.25, 0.3) is 0 Å². The molecule has 0 aromatic heterocycles. The van der Waals surface area contributed by atoms with Gasteiger partial charge >= 0.3 is 15.6 Å². The number of benzene rings is 1. The Morgan fingerprint density at radius 3 is 2.41 bits per heavy atom. The first-order valence-electron chi connectivity index (χ1n) is 8.49. The van der Waals surface area contributed by atoms with E-state index in [1.165, 1.54) is 0 Å². The second-order valence-corrected chi connectivity index (χ2v) is 8.91. The van der Waals surface area contributed by atoms with E-state index >= 15 is 0 Å². The van der Waals surface area contributed by atoms with E-state index in [0.29, 0.717) is 6.54 Å². The number of nitrogens with zero attached hydrogens (tertiary/aromatic N) is 1. The van der Waals surface area contributed by atoms with Gasteiger partial charge in [-0.2, -0.15) is 21.6 Å². The van der Waals surface area contributed by atoms with Crippen molar-refractivity contribution in [2.24, 2.45) is 0 Å². The largest absolute Gasteiger partial charge is 0.534 e. The molecule has 10 heteroatoms. The lowest BCUT2D eigenvalue weighted by atomic mass is 9.95. The average Bonchev–Trinajstić information content (AvgIpc) is 2.53. The predicted octanol–water partition coefficient (Wildman–Crippen LogP) is 3.87. The third-order valence-corrected chi connectivity index (χ3v) is 5.25. The number of hydrogen-bond acceptors (Lipinski definition) is 5. The zero-order chi connectivity index (χ0) is 20.6. The van der Waals surface area contributed by atoms with Gasteiger partial charge in [0.15, 0.2) is 11.6 Å². The fourth-order valence-corrected chi connectivity index (χ4v) is 3.64. The molecular formula is C17H23F4NO4S. The first-order chi connectivity index (χ1) is 12.3. The lowest BCUT2D eigenvalue weighted by molar-refractivity contribution is -0.0500. The van der Waals surface area contributed by atoms with Gasteiger partial charge in [0.1, 0.15) is 12.4 Å². The minimum absolute atomic E-state index is 0.0237. The number of hydrogen-bond donors (Lipinski definition) is 0. The maximum Gasteiger partial charge on any atom is 0.534 e. The summed E-state index contributed by atoms with van der Waals surface area (Å²) in [5.74, 6) is -1.62. The fourth-order valence-electron chi connectivity index (χ4n) is 3.15. The van der Waals surface area contributed by atoms with Crippen molar-refractivity contribution in [2.75, 3.05) is 13.2 Å². The van der Waals surface area contributed by atoms with E-state index in [4.69, 9.17) is 4.74 Å². The first-order valence-corrected chi connectivity index (χ1v) is 9.90. The topological polar surface area (TPSA) is 55.8 Å². The van der Waals surface area contributed by atoms with E-state index in [1.807, 2.05) is 27.7 Å². The summed E-state index contributed by atoms with van der Waals surface area (Å²) in [6.45, 7) is 8.76. The summed E-state index contributed by atoms with van der Waals surface area (Å²) >= 11 is 0. The molecular weight excluding hydrogens is 390 g/mol. The Balaban J connectivity index is 2.42. The quantitative estimate of drug-likeness (QED) is 0.417. The van der Waals surface area contributed by atoms with Gasteiger partial charge < -0.3 is 8.92 Å². The Morgan fingerprint density at radius 2 is 1.89 bits per heavy atom. The lowest BCUT2D eigenvalue weighted by Crippen LogP contribution is -2.52. The van der Waals surface area contributed by atoms with E-state index < -0.39 is 27.2 Å². The molecule has 1 aliphatic rings. The summed E-state index contributed by atoms with van der Waals surface area (Å²) in [6, 6.07) is 1.44. The third-order valence-electron chi connectivity index (χ3n) is 4.28. The number of alkyl halides is 3. The zero-order valence-electron chi connectivity index (χ0n) is 15.6. The normalized spacial score (nSPS) is 18.2. The highest BCUT2D eigenvalue weighted by Crippen LogP contribution is 2.39. The zero-order valence-corrected chi connectivity index (χ0v) is 16.4. The number of ether oxygens (including phenoxy) is 1. The van der Waals surface area contributed by atoms with Crippen molar-refractivity contribution in [3.05, 3.63) is 23.5 Å². The minimum atomic E-state index is -5.87. The van der Waals surface area contributed by atoms with Crippen LogP contribution in [0.5, 0.6) is 11.5 Å². The Morgan fingerprint density at radius 1 is 1.26 bits per heavy atom. The predicted molar refractivity (Wildman–Crippen MR) is 91.7 cm³/mol. The summed E-state index contributed by atoms with van der Waals surface area (Å²) in [7, 11) is -5.87. The van der Waals surface area contributed by atoms with Crippen LogP contribution < -0.4 is 8.92 Å². The summed E-state index contributed by atoms with van der Waals surface area (Å²) in [5, 5.41) is 0. The molecule has 27 heavy (non-hydrogen) atoms. The standard InChI is InChI=1S/C17H23F4NO4S/c1-5-8-22(16(2,3)4)11-9-12-14(26-27(23,24)17(19,20)21)7-6-13(18)15(12)25-10-11/h6-7,11H,5,8-10H2,1-4H3. The van der Waals surface area contributed by atoms with E-state index in [2.05, 4.69) is 9.08 Å². The molecule has 1 aliphatic heterocycles. The lowest BCUT2D eigenvalue weighted by Gasteiger charge is -2.43. The summed E-state index contributed by atoms with van der Waals surface area (Å²) in [6.07, 6.45) is 0.933.